The van der Waals surface area contributed by atoms with E-state index < -0.39 is 6.23 Å². The fraction of sp³-hybridized carbons (Fsp3) is 0.500. The van der Waals surface area contributed by atoms with E-state index in [1.807, 2.05) is 24.3 Å². The van der Waals surface area contributed by atoms with Crippen LogP contribution in [0.15, 0.2) is 24.3 Å². The monoisotopic (exact) mass is 275 g/mol. The van der Waals surface area contributed by atoms with E-state index in [1.54, 1.807) is 4.68 Å². The fourth-order valence-electron chi connectivity index (χ4n) is 2.68. The molecule has 20 heavy (non-hydrogen) atoms. The van der Waals surface area contributed by atoms with Crippen molar-refractivity contribution in [1.82, 2.24) is 15.0 Å². The molecule has 3 rings (SSSR count). The quantitative estimate of drug-likeness (QED) is 0.856. The Balaban J connectivity index is 1.75. The van der Waals surface area contributed by atoms with E-state index in [0.29, 0.717) is 6.61 Å². The number of fused-ring (bicyclic) bond motifs is 1. The van der Waals surface area contributed by atoms with Crippen LogP contribution in [0, 0.1) is 11.8 Å². The van der Waals surface area contributed by atoms with Crippen LogP contribution < -0.4 is 0 Å². The third kappa shape index (κ3) is 2.27. The van der Waals surface area contributed by atoms with Gasteiger partial charge in [-0.05, 0) is 25.0 Å². The van der Waals surface area contributed by atoms with E-state index >= 15 is 0 Å². The van der Waals surface area contributed by atoms with Gasteiger partial charge in [-0.25, -0.2) is 4.68 Å². The van der Waals surface area contributed by atoms with E-state index in [1.165, 1.54) is 6.92 Å². The topological polar surface area (TPSA) is 77.2 Å². The van der Waals surface area contributed by atoms with Gasteiger partial charge in [0.15, 0.2) is 6.23 Å². The number of aliphatic hydroxyl groups excluding tert-OH is 1. The van der Waals surface area contributed by atoms with Crippen molar-refractivity contribution in [2.45, 2.75) is 26.0 Å². The normalized spacial score (nSPS) is 23.3. The van der Waals surface area contributed by atoms with Gasteiger partial charge in [0.05, 0.1) is 12.1 Å². The Hall–Kier alpha value is -1.95. The second kappa shape index (κ2) is 5.20. The summed E-state index contributed by atoms with van der Waals surface area (Å²) in [5, 5.41) is 18.6. The van der Waals surface area contributed by atoms with Crippen LogP contribution in [0.1, 0.15) is 26.0 Å². The number of aliphatic hydroxyl groups is 1. The smallest absolute Gasteiger partial charge is 0.302 e. The molecular formula is C14H17N3O3. The van der Waals surface area contributed by atoms with Gasteiger partial charge in [0.25, 0.3) is 0 Å². The zero-order valence-corrected chi connectivity index (χ0v) is 11.3. The summed E-state index contributed by atoms with van der Waals surface area (Å²) in [5.74, 6) is -0.0346. The van der Waals surface area contributed by atoms with Crippen molar-refractivity contribution in [3.8, 4) is 0 Å². The minimum Gasteiger partial charge on any atom is -0.466 e. The molecule has 0 amide bonds. The van der Waals surface area contributed by atoms with Gasteiger partial charge < -0.3 is 9.84 Å². The van der Waals surface area contributed by atoms with Crippen molar-refractivity contribution in [3.63, 3.8) is 0 Å². The molecule has 0 spiro atoms. The van der Waals surface area contributed by atoms with Crippen LogP contribution in [0.5, 0.6) is 0 Å². The number of ether oxygens (including phenoxy) is 1. The number of carbonyl (C=O) groups excluding carboxylic acids is 1. The zero-order valence-electron chi connectivity index (χ0n) is 11.3. The molecule has 6 nitrogen and oxygen atoms in total. The first-order valence-corrected chi connectivity index (χ1v) is 6.78. The van der Waals surface area contributed by atoms with Gasteiger partial charge in [-0.1, -0.05) is 17.3 Å². The van der Waals surface area contributed by atoms with Gasteiger partial charge in [-0.15, -0.1) is 5.10 Å². The summed E-state index contributed by atoms with van der Waals surface area (Å²) < 4.78 is 6.59. The second-order valence-corrected chi connectivity index (χ2v) is 5.24. The van der Waals surface area contributed by atoms with Crippen LogP contribution in [0.4, 0.5) is 0 Å². The summed E-state index contributed by atoms with van der Waals surface area (Å²) in [5.41, 5.74) is 1.58. The summed E-state index contributed by atoms with van der Waals surface area (Å²) in [6, 6.07) is 7.54. The first-order chi connectivity index (χ1) is 9.66. The number of esters is 1. The molecule has 0 saturated heterocycles. The largest absolute Gasteiger partial charge is 0.466 e. The average Bonchev–Trinajstić information content (AvgIpc) is 2.81. The third-order valence-corrected chi connectivity index (χ3v) is 3.99. The van der Waals surface area contributed by atoms with Gasteiger partial charge >= 0.3 is 5.97 Å². The minimum absolute atomic E-state index is 0.0551. The van der Waals surface area contributed by atoms with Crippen molar-refractivity contribution in [3.05, 3.63) is 24.3 Å². The van der Waals surface area contributed by atoms with Crippen molar-refractivity contribution in [2.75, 3.05) is 6.61 Å². The van der Waals surface area contributed by atoms with E-state index in [-0.39, 0.29) is 17.8 Å². The summed E-state index contributed by atoms with van der Waals surface area (Å²) in [6.07, 6.45) is 1.14. The van der Waals surface area contributed by atoms with Crippen molar-refractivity contribution >= 4 is 17.0 Å². The van der Waals surface area contributed by atoms with Gasteiger partial charge in [0.2, 0.25) is 0 Å². The lowest BCUT2D eigenvalue weighted by Crippen LogP contribution is -2.37. The predicted molar refractivity (Wildman–Crippen MR) is 71.6 cm³/mol. The molecule has 1 fully saturated rings. The molecule has 1 heterocycles. The first kappa shape index (κ1) is 13.1. The van der Waals surface area contributed by atoms with Crippen molar-refractivity contribution < 1.29 is 14.6 Å². The Kier molecular flexibility index (Phi) is 3.40. The molecule has 1 saturated carbocycles. The lowest BCUT2D eigenvalue weighted by atomic mass is 9.73. The average molecular weight is 275 g/mol. The maximum Gasteiger partial charge on any atom is 0.302 e. The summed E-state index contributed by atoms with van der Waals surface area (Å²) in [6.45, 7) is 1.76. The van der Waals surface area contributed by atoms with Crippen LogP contribution in [0.25, 0.3) is 11.0 Å². The molecule has 3 atom stereocenters. The van der Waals surface area contributed by atoms with E-state index in [9.17, 15) is 9.90 Å². The Morgan fingerprint density at radius 2 is 2.30 bits per heavy atom. The molecule has 1 unspecified atom stereocenters. The SMILES string of the molecule is CC(=O)OC[C@@H]1CCC1[C@@H](O)n1nnc2ccccc21. The lowest BCUT2D eigenvalue weighted by Gasteiger charge is -2.38. The molecular weight excluding hydrogens is 258 g/mol. The number of para-hydroxylation sites is 1. The highest BCUT2D eigenvalue weighted by Gasteiger charge is 2.38. The Morgan fingerprint density at radius 1 is 1.50 bits per heavy atom. The highest BCUT2D eigenvalue weighted by atomic mass is 16.5. The Morgan fingerprint density at radius 3 is 3.00 bits per heavy atom. The predicted octanol–water partition coefficient (Wildman–Crippen LogP) is 1.51. The standard InChI is InChI=1S/C14H17N3O3/c1-9(18)20-8-10-6-7-11(10)14(19)17-13-5-3-2-4-12(13)15-16-17/h2-5,10-11,14,19H,6-8H2,1H3/t10-,11?,14+/m0/s1. The highest BCUT2D eigenvalue weighted by molar-refractivity contribution is 5.73. The molecule has 0 radical (unpaired) electrons. The second-order valence-electron chi connectivity index (χ2n) is 5.24. The molecule has 1 aromatic carbocycles. The number of hydrogen-bond acceptors (Lipinski definition) is 5. The van der Waals surface area contributed by atoms with Gasteiger partial charge in [-0.2, -0.15) is 0 Å². The van der Waals surface area contributed by atoms with Gasteiger partial charge in [-0.3, -0.25) is 4.79 Å². The first-order valence-electron chi connectivity index (χ1n) is 6.78. The molecule has 2 aromatic rings. The molecule has 1 N–H and O–H groups in total. The van der Waals surface area contributed by atoms with Gasteiger partial charge in [0, 0.05) is 18.8 Å². The minimum atomic E-state index is -0.725. The van der Waals surface area contributed by atoms with E-state index in [2.05, 4.69) is 10.3 Å². The molecule has 1 aliphatic carbocycles. The number of rotatable bonds is 4. The highest BCUT2D eigenvalue weighted by Crippen LogP contribution is 2.41. The van der Waals surface area contributed by atoms with E-state index in [4.69, 9.17) is 4.74 Å². The fourth-order valence-corrected chi connectivity index (χ4v) is 2.68. The molecule has 1 aromatic heterocycles. The summed E-state index contributed by atoms with van der Waals surface area (Å²) in [7, 11) is 0. The summed E-state index contributed by atoms with van der Waals surface area (Å²) >= 11 is 0. The van der Waals surface area contributed by atoms with Crippen LogP contribution in [0.3, 0.4) is 0 Å². The molecule has 0 bridgehead atoms. The number of carbonyl (C=O) groups is 1. The Bertz CT molecular complexity index is 625. The van der Waals surface area contributed by atoms with E-state index in [0.717, 1.165) is 23.9 Å². The van der Waals surface area contributed by atoms with Gasteiger partial charge in [0.1, 0.15) is 5.52 Å². The zero-order chi connectivity index (χ0) is 14.1. The Labute approximate surface area is 116 Å². The van der Waals surface area contributed by atoms with Crippen LogP contribution in [-0.2, 0) is 9.53 Å². The summed E-state index contributed by atoms with van der Waals surface area (Å²) in [4.78, 5) is 10.9. The van der Waals surface area contributed by atoms with Crippen LogP contribution in [0.2, 0.25) is 0 Å². The van der Waals surface area contributed by atoms with Crippen molar-refractivity contribution in [1.29, 1.82) is 0 Å². The van der Waals surface area contributed by atoms with Crippen molar-refractivity contribution in [2.24, 2.45) is 11.8 Å². The molecule has 0 aliphatic heterocycles. The number of aromatic nitrogens is 3. The maximum absolute atomic E-state index is 10.9. The molecule has 106 valence electrons. The lowest BCUT2D eigenvalue weighted by molar-refractivity contribution is -0.147. The number of nitrogens with zero attached hydrogens (tertiary/aromatic N) is 3. The number of hydrogen-bond donors (Lipinski definition) is 1. The number of benzene rings is 1. The molecule has 6 heteroatoms. The molecule has 1 aliphatic rings. The maximum atomic E-state index is 10.9. The van der Waals surface area contributed by atoms with Crippen LogP contribution in [-0.4, -0.2) is 32.7 Å². The third-order valence-electron chi connectivity index (χ3n) is 3.99. The van der Waals surface area contributed by atoms with Crippen LogP contribution >= 0.6 is 0 Å².